The average Bonchev–Trinajstić information content (AvgIpc) is 2.97. The maximum atomic E-state index is 12.9. The summed E-state index contributed by atoms with van der Waals surface area (Å²) < 4.78 is 13.7. The highest BCUT2D eigenvalue weighted by molar-refractivity contribution is 9.10. The van der Waals surface area contributed by atoms with Gasteiger partial charge in [0.25, 0.3) is 5.56 Å². The summed E-state index contributed by atoms with van der Waals surface area (Å²) in [6, 6.07) is 7.45. The predicted molar refractivity (Wildman–Crippen MR) is 160 cm³/mol. The molecule has 0 N–H and O–H groups in total. The first-order valence-corrected chi connectivity index (χ1v) is 15.8. The first-order valence-electron chi connectivity index (χ1n) is 15.0. The Kier molecular flexibility index (Phi) is 12.0. The van der Waals surface area contributed by atoms with Gasteiger partial charge in [0, 0.05) is 42.2 Å². The molecule has 0 bridgehead atoms. The second-order valence-electron chi connectivity index (χ2n) is 11.1. The second-order valence-corrected chi connectivity index (χ2v) is 12.0. The largest absolute Gasteiger partial charge is 0.465 e. The molecule has 8 nitrogen and oxygen atoms in total. The highest BCUT2D eigenvalue weighted by Crippen LogP contribution is 2.22. The van der Waals surface area contributed by atoms with Gasteiger partial charge in [0.05, 0.1) is 25.4 Å². The first kappa shape index (κ1) is 30.7. The molecule has 1 aromatic carbocycles. The zero-order valence-electron chi connectivity index (χ0n) is 23.8. The smallest absolute Gasteiger partial charge is 0.320 e. The van der Waals surface area contributed by atoms with Crippen LogP contribution >= 0.6 is 15.9 Å². The lowest BCUT2D eigenvalue weighted by molar-refractivity contribution is -0.146. The Morgan fingerprint density at radius 2 is 1.48 bits per heavy atom. The summed E-state index contributed by atoms with van der Waals surface area (Å²) in [6.07, 6.45) is 14.4. The summed E-state index contributed by atoms with van der Waals surface area (Å²) in [6.45, 7) is 5.56. The second kappa shape index (κ2) is 15.7. The number of fused-ring (bicyclic) bond motifs is 1. The van der Waals surface area contributed by atoms with E-state index in [4.69, 9.17) is 9.47 Å². The van der Waals surface area contributed by atoms with E-state index in [0.717, 1.165) is 48.6 Å². The zero-order valence-corrected chi connectivity index (χ0v) is 25.4. The molecule has 1 aromatic heterocycles. The minimum Gasteiger partial charge on any atom is -0.465 e. The molecular formula is C31H44BrN3O5. The molecule has 2 aliphatic heterocycles. The SMILES string of the molecule is C1CCCCC1.CCOC(=O)CN1CCC(OC2CCN(C(=O)Cn3ccc4ccc(Br)cc4c3=O)CC2)CC1. The van der Waals surface area contributed by atoms with Crippen LogP contribution in [0.15, 0.2) is 39.7 Å². The number of pyridine rings is 1. The molecule has 9 heteroatoms. The van der Waals surface area contributed by atoms with E-state index in [0.29, 0.717) is 31.6 Å². The van der Waals surface area contributed by atoms with Gasteiger partial charge in [0.1, 0.15) is 6.54 Å². The lowest BCUT2D eigenvalue weighted by Gasteiger charge is -2.37. The fourth-order valence-electron chi connectivity index (χ4n) is 5.79. The number of amides is 1. The van der Waals surface area contributed by atoms with Gasteiger partial charge in [-0.25, -0.2) is 0 Å². The molecule has 0 atom stereocenters. The number of halogens is 1. The number of piperidine rings is 2. The third-order valence-electron chi connectivity index (χ3n) is 8.12. The minimum atomic E-state index is -0.169. The third kappa shape index (κ3) is 9.14. The number of hydrogen-bond donors (Lipinski definition) is 0. The molecule has 3 fully saturated rings. The van der Waals surface area contributed by atoms with Crippen LogP contribution in [0.1, 0.15) is 71.1 Å². The van der Waals surface area contributed by atoms with Crippen LogP contribution in [0.25, 0.3) is 10.8 Å². The maximum absolute atomic E-state index is 12.9. The molecule has 0 spiro atoms. The number of hydrogen-bond acceptors (Lipinski definition) is 6. The van der Waals surface area contributed by atoms with E-state index in [-0.39, 0.29) is 36.2 Å². The van der Waals surface area contributed by atoms with Crippen molar-refractivity contribution in [3.8, 4) is 0 Å². The summed E-state index contributed by atoms with van der Waals surface area (Å²) in [5.74, 6) is -0.208. The summed E-state index contributed by atoms with van der Waals surface area (Å²) in [4.78, 5) is 41.3. The summed E-state index contributed by atoms with van der Waals surface area (Å²) in [5, 5.41) is 1.46. The number of likely N-dealkylation sites (tertiary alicyclic amines) is 2. The Labute approximate surface area is 246 Å². The molecule has 5 rings (SSSR count). The molecule has 220 valence electrons. The van der Waals surface area contributed by atoms with Gasteiger partial charge >= 0.3 is 5.97 Å². The van der Waals surface area contributed by atoms with Gasteiger partial charge in [-0.05, 0) is 56.2 Å². The van der Waals surface area contributed by atoms with Crippen LogP contribution in [0.5, 0.6) is 0 Å². The lowest BCUT2D eigenvalue weighted by Crippen LogP contribution is -2.45. The van der Waals surface area contributed by atoms with Crippen LogP contribution in [0, 0.1) is 0 Å². The summed E-state index contributed by atoms with van der Waals surface area (Å²) >= 11 is 3.41. The molecule has 40 heavy (non-hydrogen) atoms. The number of aromatic nitrogens is 1. The van der Waals surface area contributed by atoms with Crippen LogP contribution < -0.4 is 5.56 Å². The van der Waals surface area contributed by atoms with Gasteiger partial charge in [-0.3, -0.25) is 19.3 Å². The predicted octanol–water partition coefficient (Wildman–Crippen LogP) is 5.14. The quantitative estimate of drug-likeness (QED) is 0.400. The van der Waals surface area contributed by atoms with E-state index >= 15 is 0 Å². The topological polar surface area (TPSA) is 81.1 Å². The Bertz CT molecular complexity index is 1150. The van der Waals surface area contributed by atoms with Gasteiger partial charge in [-0.2, -0.15) is 0 Å². The molecular weight excluding hydrogens is 574 g/mol. The van der Waals surface area contributed by atoms with Gasteiger partial charge in [-0.1, -0.05) is 60.5 Å². The highest BCUT2D eigenvalue weighted by atomic mass is 79.9. The standard InChI is InChI=1S/C25H32BrN3O5.C6H12/c1-2-33-24(31)17-27-10-6-20(7-11-27)34-21-8-13-28(14-9-21)23(30)16-29-12-5-18-3-4-19(26)15-22(18)25(29)32;1-2-4-6-5-3-1/h3-5,12,15,20-21H,2,6-11,13-14,16-17H2,1H3;1-6H2. The van der Waals surface area contributed by atoms with E-state index in [9.17, 15) is 14.4 Å². The molecule has 0 unspecified atom stereocenters. The molecule has 3 heterocycles. The van der Waals surface area contributed by atoms with Crippen LogP contribution in [-0.2, 0) is 25.6 Å². The fourth-order valence-corrected chi connectivity index (χ4v) is 6.15. The van der Waals surface area contributed by atoms with Crippen LogP contribution in [0.2, 0.25) is 0 Å². The van der Waals surface area contributed by atoms with Gasteiger partial charge in [0.2, 0.25) is 5.91 Å². The van der Waals surface area contributed by atoms with Crippen LogP contribution in [-0.4, -0.2) is 77.8 Å². The molecule has 1 amide bonds. The summed E-state index contributed by atoms with van der Waals surface area (Å²) in [5.41, 5.74) is -0.153. The summed E-state index contributed by atoms with van der Waals surface area (Å²) in [7, 11) is 0. The van der Waals surface area contributed by atoms with Crippen molar-refractivity contribution in [2.24, 2.45) is 0 Å². The first-order chi connectivity index (χ1) is 19.4. The monoisotopic (exact) mass is 617 g/mol. The Hall–Kier alpha value is -2.23. The number of nitrogens with zero attached hydrogens (tertiary/aromatic N) is 3. The van der Waals surface area contributed by atoms with Gasteiger partial charge in [0.15, 0.2) is 0 Å². The molecule has 1 saturated carbocycles. The van der Waals surface area contributed by atoms with E-state index in [1.165, 1.54) is 43.1 Å². The normalized spacial score (nSPS) is 19.2. The zero-order chi connectivity index (χ0) is 28.3. The highest BCUT2D eigenvalue weighted by Gasteiger charge is 2.28. The fraction of sp³-hybridized carbons (Fsp3) is 0.645. The molecule has 2 saturated heterocycles. The Morgan fingerprint density at radius 3 is 2.08 bits per heavy atom. The Morgan fingerprint density at radius 1 is 0.875 bits per heavy atom. The van der Waals surface area contributed by atoms with Crippen molar-refractivity contribution < 1.29 is 19.1 Å². The molecule has 2 aromatic rings. The van der Waals surface area contributed by atoms with Crippen LogP contribution in [0.4, 0.5) is 0 Å². The van der Waals surface area contributed by atoms with Crippen molar-refractivity contribution in [1.82, 2.24) is 14.4 Å². The maximum Gasteiger partial charge on any atom is 0.320 e. The van der Waals surface area contributed by atoms with Crippen molar-refractivity contribution in [3.05, 3.63) is 45.3 Å². The van der Waals surface area contributed by atoms with Crippen molar-refractivity contribution in [3.63, 3.8) is 0 Å². The van der Waals surface area contributed by atoms with E-state index in [2.05, 4.69) is 20.8 Å². The van der Waals surface area contributed by atoms with Gasteiger partial charge < -0.3 is 18.9 Å². The number of benzene rings is 1. The molecule has 3 aliphatic rings. The number of rotatable bonds is 7. The van der Waals surface area contributed by atoms with Crippen LogP contribution in [0.3, 0.4) is 0 Å². The Balaban J connectivity index is 0.000000546. The molecule has 1 aliphatic carbocycles. The number of carbonyl (C=O) groups excluding carboxylic acids is 2. The number of carbonyl (C=O) groups is 2. The van der Waals surface area contributed by atoms with Crippen molar-refractivity contribution >= 4 is 38.6 Å². The van der Waals surface area contributed by atoms with Crippen molar-refractivity contribution in [1.29, 1.82) is 0 Å². The average molecular weight is 619 g/mol. The van der Waals surface area contributed by atoms with E-state index in [1.807, 2.05) is 30.0 Å². The number of esters is 1. The van der Waals surface area contributed by atoms with E-state index in [1.54, 1.807) is 12.3 Å². The van der Waals surface area contributed by atoms with E-state index < -0.39 is 0 Å². The van der Waals surface area contributed by atoms with Crippen molar-refractivity contribution in [2.45, 2.75) is 89.9 Å². The minimum absolute atomic E-state index is 0.0397. The third-order valence-corrected chi connectivity index (χ3v) is 8.61. The van der Waals surface area contributed by atoms with Gasteiger partial charge in [-0.15, -0.1) is 0 Å². The lowest BCUT2D eigenvalue weighted by atomic mass is 10.0. The van der Waals surface area contributed by atoms with Crippen molar-refractivity contribution in [2.75, 3.05) is 39.3 Å². The number of ether oxygens (including phenoxy) is 2. The molecule has 0 radical (unpaired) electrons.